The lowest BCUT2D eigenvalue weighted by molar-refractivity contribution is 0.0711. The quantitative estimate of drug-likeness (QED) is 0.172. The number of nitrogen functional groups attached to an aromatic ring is 1. The van der Waals surface area contributed by atoms with Gasteiger partial charge < -0.3 is 15.7 Å². The lowest BCUT2D eigenvalue weighted by Crippen LogP contribution is -2.20. The Hall–Kier alpha value is -2.62. The fraction of sp³-hybridized carbons (Fsp3) is 0.393. The summed E-state index contributed by atoms with van der Waals surface area (Å²) in [5.41, 5.74) is 15.8. The third kappa shape index (κ3) is 6.19. The first-order valence-corrected chi connectivity index (χ1v) is 13.2. The average Bonchev–Trinajstić information content (AvgIpc) is 3.62. The van der Waals surface area contributed by atoms with E-state index in [4.69, 9.17) is 10.9 Å². The Morgan fingerprint density at radius 1 is 1.08 bits per heavy atom. The molecule has 0 saturated carbocycles. The first kappa shape index (κ1) is 28.0. The van der Waals surface area contributed by atoms with Gasteiger partial charge >= 0.3 is 0 Å². The van der Waals surface area contributed by atoms with E-state index in [1.807, 2.05) is 36.4 Å². The van der Waals surface area contributed by atoms with Gasteiger partial charge in [-0.3, -0.25) is 5.14 Å². The van der Waals surface area contributed by atoms with Crippen molar-refractivity contribution in [3.05, 3.63) is 82.6 Å². The summed E-state index contributed by atoms with van der Waals surface area (Å²) in [6, 6.07) is 11.5. The number of hydrogen-bond donors (Lipinski definition) is 4. The Kier molecular flexibility index (Phi) is 9.76. The molecule has 8 heteroatoms. The largest absolute Gasteiger partial charge is 0.398 e. The third-order valence-electron chi connectivity index (χ3n) is 6.60. The minimum atomic E-state index is -0.961. The molecule has 0 amide bonds. The maximum atomic E-state index is 10.1. The second-order valence-electron chi connectivity index (χ2n) is 9.53. The molecule has 194 valence electrons. The Bertz CT molecular complexity index is 1130. The maximum absolute atomic E-state index is 10.1. The van der Waals surface area contributed by atoms with Crippen molar-refractivity contribution >= 4 is 17.6 Å². The van der Waals surface area contributed by atoms with E-state index in [0.29, 0.717) is 5.03 Å². The van der Waals surface area contributed by atoms with Crippen LogP contribution < -0.4 is 16.8 Å². The molecule has 0 fully saturated rings. The van der Waals surface area contributed by atoms with Gasteiger partial charge in [0.05, 0.1) is 18.5 Å². The second kappa shape index (κ2) is 12.6. The lowest BCUT2D eigenvalue weighted by atomic mass is 9.90. The summed E-state index contributed by atoms with van der Waals surface area (Å²) in [5, 5.41) is 20.7. The summed E-state index contributed by atoms with van der Waals surface area (Å²) in [7, 11) is 1.40. The highest BCUT2D eigenvalue weighted by atomic mass is 32.2. The predicted octanol–water partition coefficient (Wildman–Crippen LogP) is 4.55. The molecule has 2 aliphatic rings. The molecule has 0 unspecified atom stereocenters. The van der Waals surface area contributed by atoms with E-state index in [1.165, 1.54) is 56.8 Å². The van der Waals surface area contributed by atoms with Gasteiger partial charge in [0.2, 0.25) is 0 Å². The first-order chi connectivity index (χ1) is 17.3. The van der Waals surface area contributed by atoms with Crippen molar-refractivity contribution in [2.24, 2.45) is 11.0 Å². The summed E-state index contributed by atoms with van der Waals surface area (Å²) in [6.07, 6.45) is 10.5. The zero-order valence-corrected chi connectivity index (χ0v) is 22.4. The number of aromatic nitrogens is 2. The molecule has 2 aromatic carbocycles. The standard InChI is InChI=1S/C15H19N.C12H15N3OS.CH5NO/c1-2-5-10-11-6-3-8-13(11)15(16)14-9-4-7-12(10)14;1-12(2,16)10-8-11(17-13)14-15(10)9-6-4-3-5-7-9;1-3-2/h2H,1,3-9,16H2;3-8,16H,13H2,1-2H3;2H2,1H3. The molecular formula is C28H39N5O2S. The van der Waals surface area contributed by atoms with Gasteiger partial charge in [-0.05, 0) is 117 Å². The highest BCUT2D eigenvalue weighted by molar-refractivity contribution is 7.97. The third-order valence-corrected chi connectivity index (χ3v) is 7.04. The topological polar surface area (TPSA) is 125 Å². The van der Waals surface area contributed by atoms with Crippen molar-refractivity contribution < 1.29 is 9.94 Å². The molecule has 0 spiro atoms. The molecule has 3 aromatic rings. The van der Waals surface area contributed by atoms with Crippen LogP contribution in [0.2, 0.25) is 0 Å². The number of allylic oxidation sites excluding steroid dienone is 1. The summed E-state index contributed by atoms with van der Waals surface area (Å²) in [4.78, 5) is 3.75. The van der Waals surface area contributed by atoms with E-state index in [0.717, 1.165) is 35.4 Å². The number of aliphatic hydroxyl groups is 1. The lowest BCUT2D eigenvalue weighted by Gasteiger charge is -2.18. The summed E-state index contributed by atoms with van der Waals surface area (Å²) < 4.78 is 1.72. The zero-order chi connectivity index (χ0) is 26.3. The van der Waals surface area contributed by atoms with E-state index in [2.05, 4.69) is 22.4 Å². The van der Waals surface area contributed by atoms with Crippen molar-refractivity contribution in [2.75, 3.05) is 12.8 Å². The van der Waals surface area contributed by atoms with E-state index in [-0.39, 0.29) is 0 Å². The van der Waals surface area contributed by atoms with Crippen molar-refractivity contribution in [2.45, 2.75) is 69.4 Å². The van der Waals surface area contributed by atoms with Crippen molar-refractivity contribution in [1.82, 2.24) is 9.78 Å². The number of fused-ring (bicyclic) bond motifs is 2. The van der Waals surface area contributed by atoms with Crippen LogP contribution in [0.5, 0.6) is 0 Å². The van der Waals surface area contributed by atoms with Crippen LogP contribution in [0, 0.1) is 0 Å². The molecule has 5 rings (SSSR count). The molecule has 7 N–H and O–H groups in total. The molecule has 36 heavy (non-hydrogen) atoms. The highest BCUT2D eigenvalue weighted by Crippen LogP contribution is 2.40. The summed E-state index contributed by atoms with van der Waals surface area (Å²) in [6.45, 7) is 7.36. The highest BCUT2D eigenvalue weighted by Gasteiger charge is 2.26. The van der Waals surface area contributed by atoms with Gasteiger partial charge in [-0.2, -0.15) is 5.10 Å². The number of rotatable bonds is 5. The molecule has 2 aliphatic carbocycles. The van der Waals surface area contributed by atoms with Gasteiger partial charge in [-0.1, -0.05) is 24.3 Å². The Morgan fingerprint density at radius 2 is 1.61 bits per heavy atom. The monoisotopic (exact) mass is 509 g/mol. The van der Waals surface area contributed by atoms with Crippen molar-refractivity contribution in [3.63, 3.8) is 0 Å². The summed E-state index contributed by atoms with van der Waals surface area (Å²) >= 11 is 1.07. The van der Waals surface area contributed by atoms with Crippen molar-refractivity contribution in [1.29, 1.82) is 0 Å². The number of anilines is 1. The van der Waals surface area contributed by atoms with Crippen LogP contribution >= 0.6 is 11.9 Å². The van der Waals surface area contributed by atoms with Crippen LogP contribution in [0.25, 0.3) is 5.69 Å². The van der Waals surface area contributed by atoms with Crippen LogP contribution in [0.1, 0.15) is 60.2 Å². The number of nitrogens with zero attached hydrogens (tertiary/aromatic N) is 2. The number of nitrogens with two attached hydrogens (primary N) is 3. The molecule has 0 atom stereocenters. The Labute approximate surface area is 218 Å². The smallest absolute Gasteiger partial charge is 0.134 e. The van der Waals surface area contributed by atoms with Crippen LogP contribution in [-0.2, 0) is 42.5 Å². The van der Waals surface area contributed by atoms with Crippen LogP contribution in [0.15, 0.2) is 54.1 Å². The number of para-hydroxylation sites is 1. The van der Waals surface area contributed by atoms with E-state index >= 15 is 0 Å². The predicted molar refractivity (Wildman–Crippen MR) is 149 cm³/mol. The van der Waals surface area contributed by atoms with Crippen LogP contribution in [0.4, 0.5) is 5.69 Å². The minimum Gasteiger partial charge on any atom is -0.398 e. The molecule has 0 saturated heterocycles. The molecule has 1 heterocycles. The maximum Gasteiger partial charge on any atom is 0.134 e. The fourth-order valence-electron chi connectivity index (χ4n) is 5.12. The zero-order valence-electron chi connectivity index (χ0n) is 21.6. The van der Waals surface area contributed by atoms with E-state index in [9.17, 15) is 5.11 Å². The molecule has 0 bridgehead atoms. The number of benzene rings is 2. The Balaban J connectivity index is 0.000000181. The van der Waals surface area contributed by atoms with Crippen LogP contribution in [-0.4, -0.2) is 22.0 Å². The molecule has 7 nitrogen and oxygen atoms in total. The van der Waals surface area contributed by atoms with E-state index < -0.39 is 5.60 Å². The average molecular weight is 510 g/mol. The minimum absolute atomic E-state index is 0.686. The molecule has 0 radical (unpaired) electrons. The first-order valence-electron chi connectivity index (χ1n) is 12.3. The molecule has 0 aliphatic heterocycles. The van der Waals surface area contributed by atoms with Gasteiger partial charge in [0.1, 0.15) is 10.6 Å². The summed E-state index contributed by atoms with van der Waals surface area (Å²) in [5.74, 6) is 4.35. The number of hydrogen-bond acceptors (Lipinski definition) is 7. The molecule has 1 aromatic heterocycles. The van der Waals surface area contributed by atoms with Gasteiger partial charge in [0, 0.05) is 5.69 Å². The van der Waals surface area contributed by atoms with Gasteiger partial charge in [0.25, 0.3) is 0 Å². The van der Waals surface area contributed by atoms with E-state index in [1.54, 1.807) is 41.3 Å². The van der Waals surface area contributed by atoms with Gasteiger partial charge in [0.15, 0.2) is 0 Å². The van der Waals surface area contributed by atoms with Gasteiger partial charge in [-0.25, -0.2) is 10.6 Å². The van der Waals surface area contributed by atoms with Crippen molar-refractivity contribution in [3.8, 4) is 5.69 Å². The molecular weight excluding hydrogens is 470 g/mol. The second-order valence-corrected chi connectivity index (χ2v) is 10.2. The van der Waals surface area contributed by atoms with Gasteiger partial charge in [-0.15, -0.1) is 6.58 Å². The Morgan fingerprint density at radius 3 is 2.08 bits per heavy atom. The van der Waals surface area contributed by atoms with Crippen LogP contribution in [0.3, 0.4) is 0 Å². The normalized spacial score (nSPS) is 13.7. The SMILES string of the molecule is C=CCc1c2c(c(N)c3c1CCC3)CCC2.CC(C)(O)c1cc(SN)nn1-c1ccccc1.CON. The fourth-order valence-corrected chi connectivity index (χ4v) is 5.43.